The summed E-state index contributed by atoms with van der Waals surface area (Å²) in [5, 5.41) is 11.1. The summed E-state index contributed by atoms with van der Waals surface area (Å²) in [4.78, 5) is 4.73. The molecular formula is C17H19N3O3S2. The lowest BCUT2D eigenvalue weighted by Crippen LogP contribution is -2.11. The van der Waals surface area contributed by atoms with Crippen LogP contribution in [0.1, 0.15) is 18.5 Å². The normalized spacial score (nSPS) is 20.2. The number of ether oxygens (including phenoxy) is 1. The van der Waals surface area contributed by atoms with E-state index in [1.807, 2.05) is 11.5 Å². The molecule has 0 saturated carbocycles. The van der Waals surface area contributed by atoms with Crippen LogP contribution in [0.3, 0.4) is 0 Å². The SMILES string of the molecule is COC1=CC(C)C(c2csc(Nc3ccc(S(N)(=O)=O)cc3)n2)C=C1. The molecule has 1 aliphatic carbocycles. The number of rotatable bonds is 5. The van der Waals surface area contributed by atoms with Gasteiger partial charge in [-0.05, 0) is 42.3 Å². The highest BCUT2D eigenvalue weighted by atomic mass is 32.2. The van der Waals surface area contributed by atoms with Crippen LogP contribution in [-0.2, 0) is 14.8 Å². The Morgan fingerprint density at radius 2 is 2.00 bits per heavy atom. The lowest BCUT2D eigenvalue weighted by molar-refractivity contribution is 0.298. The lowest BCUT2D eigenvalue weighted by atomic mass is 9.87. The van der Waals surface area contributed by atoms with E-state index < -0.39 is 10.0 Å². The van der Waals surface area contributed by atoms with Crippen molar-refractivity contribution in [3.63, 3.8) is 0 Å². The number of aromatic nitrogens is 1. The Hall–Kier alpha value is -2.16. The zero-order chi connectivity index (χ0) is 18.0. The standard InChI is InChI=1S/C17H19N3O3S2/c1-11-9-13(23-2)5-8-15(11)16-10-24-17(20-16)19-12-3-6-14(7-4-12)25(18,21)22/h3-11,15H,1-2H3,(H,19,20)(H2,18,21,22). The zero-order valence-corrected chi connectivity index (χ0v) is 15.5. The summed E-state index contributed by atoms with van der Waals surface area (Å²) < 4.78 is 27.8. The van der Waals surface area contributed by atoms with Crippen molar-refractivity contribution in [3.05, 3.63) is 59.3 Å². The molecule has 25 heavy (non-hydrogen) atoms. The van der Waals surface area contributed by atoms with E-state index in [1.165, 1.54) is 23.5 Å². The number of anilines is 2. The number of allylic oxidation sites excluding steroid dienone is 3. The average Bonchev–Trinajstić information content (AvgIpc) is 3.02. The molecular weight excluding hydrogens is 358 g/mol. The first kappa shape index (κ1) is 17.7. The Balaban J connectivity index is 1.72. The van der Waals surface area contributed by atoms with E-state index in [-0.39, 0.29) is 10.8 Å². The predicted molar refractivity (Wildman–Crippen MR) is 99.3 cm³/mol. The fourth-order valence-corrected chi connectivity index (χ4v) is 3.94. The molecule has 3 N–H and O–H groups in total. The number of nitrogens with one attached hydrogen (secondary N) is 1. The van der Waals surface area contributed by atoms with Crippen molar-refractivity contribution in [2.75, 3.05) is 12.4 Å². The molecule has 0 amide bonds. The predicted octanol–water partition coefficient (Wildman–Crippen LogP) is 3.35. The van der Waals surface area contributed by atoms with Crippen LogP contribution in [0, 0.1) is 5.92 Å². The first-order valence-corrected chi connectivity index (χ1v) is 10.1. The molecule has 1 aromatic heterocycles. The van der Waals surface area contributed by atoms with Gasteiger partial charge in [-0.1, -0.05) is 13.0 Å². The van der Waals surface area contributed by atoms with E-state index >= 15 is 0 Å². The van der Waals surface area contributed by atoms with Gasteiger partial charge in [-0.2, -0.15) is 0 Å². The second-order valence-electron chi connectivity index (χ2n) is 5.79. The topological polar surface area (TPSA) is 94.3 Å². The van der Waals surface area contributed by atoms with E-state index in [4.69, 9.17) is 9.88 Å². The summed E-state index contributed by atoms with van der Waals surface area (Å²) in [7, 11) is -2.02. The number of hydrogen-bond donors (Lipinski definition) is 2. The minimum Gasteiger partial charge on any atom is -0.497 e. The van der Waals surface area contributed by atoms with Crippen LogP contribution in [0.25, 0.3) is 0 Å². The maximum Gasteiger partial charge on any atom is 0.238 e. The van der Waals surface area contributed by atoms with Gasteiger partial charge >= 0.3 is 0 Å². The van der Waals surface area contributed by atoms with Crippen LogP contribution in [-0.4, -0.2) is 20.5 Å². The highest BCUT2D eigenvalue weighted by molar-refractivity contribution is 7.89. The van der Waals surface area contributed by atoms with E-state index in [0.717, 1.165) is 22.3 Å². The molecule has 0 saturated heterocycles. The minimum atomic E-state index is -3.68. The lowest BCUT2D eigenvalue weighted by Gasteiger charge is -2.20. The van der Waals surface area contributed by atoms with Gasteiger partial charge in [0.1, 0.15) is 5.76 Å². The molecule has 3 rings (SSSR count). The third kappa shape index (κ3) is 4.09. The Labute approximate surface area is 151 Å². The van der Waals surface area contributed by atoms with Crippen molar-refractivity contribution in [3.8, 4) is 0 Å². The molecule has 6 nitrogen and oxygen atoms in total. The van der Waals surface area contributed by atoms with E-state index in [9.17, 15) is 8.42 Å². The van der Waals surface area contributed by atoms with Crippen LogP contribution in [0.2, 0.25) is 0 Å². The molecule has 2 unspecified atom stereocenters. The number of primary sulfonamides is 1. The van der Waals surface area contributed by atoms with Gasteiger partial charge < -0.3 is 10.1 Å². The Kier molecular flexibility index (Phi) is 4.94. The summed E-state index contributed by atoms with van der Waals surface area (Å²) in [5.74, 6) is 1.37. The monoisotopic (exact) mass is 377 g/mol. The van der Waals surface area contributed by atoms with Gasteiger partial charge in [-0.25, -0.2) is 18.5 Å². The largest absolute Gasteiger partial charge is 0.497 e. The van der Waals surface area contributed by atoms with Gasteiger partial charge in [0.25, 0.3) is 0 Å². The quantitative estimate of drug-likeness (QED) is 0.833. The molecule has 1 aliphatic rings. The molecule has 1 aromatic carbocycles. The average molecular weight is 377 g/mol. The van der Waals surface area contributed by atoms with Crippen LogP contribution < -0.4 is 10.5 Å². The number of nitrogens with zero attached hydrogens (tertiary/aromatic N) is 1. The molecule has 0 fully saturated rings. The number of sulfonamides is 1. The molecule has 0 radical (unpaired) electrons. The van der Waals surface area contributed by atoms with Crippen LogP contribution in [0.15, 0.2) is 58.5 Å². The third-order valence-corrected chi connectivity index (χ3v) is 5.70. The second-order valence-corrected chi connectivity index (χ2v) is 8.21. The zero-order valence-electron chi connectivity index (χ0n) is 13.8. The van der Waals surface area contributed by atoms with Crippen LogP contribution in [0.5, 0.6) is 0 Å². The fraction of sp³-hybridized carbons (Fsp3) is 0.235. The molecule has 1 heterocycles. The maximum atomic E-state index is 11.3. The number of benzene rings is 1. The molecule has 132 valence electrons. The van der Waals surface area contributed by atoms with Gasteiger partial charge in [0.2, 0.25) is 10.0 Å². The number of methoxy groups -OCH3 is 1. The number of nitrogens with two attached hydrogens (primary N) is 1. The van der Waals surface area contributed by atoms with Gasteiger partial charge in [-0.15, -0.1) is 11.3 Å². The molecule has 8 heteroatoms. The van der Waals surface area contributed by atoms with Crippen LogP contribution >= 0.6 is 11.3 Å². The molecule has 2 aromatic rings. The smallest absolute Gasteiger partial charge is 0.238 e. The Morgan fingerprint density at radius 1 is 1.28 bits per heavy atom. The van der Waals surface area contributed by atoms with Crippen molar-refractivity contribution in [1.82, 2.24) is 4.98 Å². The van der Waals surface area contributed by atoms with Gasteiger partial charge in [-0.3, -0.25) is 0 Å². The van der Waals surface area contributed by atoms with Gasteiger partial charge in [0.15, 0.2) is 5.13 Å². The van der Waals surface area contributed by atoms with Crippen molar-refractivity contribution in [2.24, 2.45) is 11.1 Å². The highest BCUT2D eigenvalue weighted by Gasteiger charge is 2.21. The summed E-state index contributed by atoms with van der Waals surface area (Å²) in [6, 6.07) is 6.26. The van der Waals surface area contributed by atoms with E-state index in [0.29, 0.717) is 5.92 Å². The number of hydrogen-bond acceptors (Lipinski definition) is 6. The second kappa shape index (κ2) is 6.99. The maximum absolute atomic E-state index is 11.3. The van der Waals surface area contributed by atoms with E-state index in [2.05, 4.69) is 29.4 Å². The summed E-state index contributed by atoms with van der Waals surface area (Å²) in [6.07, 6.45) is 6.15. The molecule has 0 spiro atoms. The van der Waals surface area contributed by atoms with Gasteiger partial charge in [0, 0.05) is 17.0 Å². The number of thiazole rings is 1. The fourth-order valence-electron chi connectivity index (χ4n) is 2.64. The van der Waals surface area contributed by atoms with Gasteiger partial charge in [0.05, 0.1) is 17.7 Å². The summed E-state index contributed by atoms with van der Waals surface area (Å²) in [6.45, 7) is 2.13. The first-order chi connectivity index (χ1) is 11.9. The Morgan fingerprint density at radius 3 is 2.60 bits per heavy atom. The van der Waals surface area contributed by atoms with Crippen molar-refractivity contribution >= 4 is 32.2 Å². The summed E-state index contributed by atoms with van der Waals surface area (Å²) >= 11 is 1.51. The summed E-state index contributed by atoms with van der Waals surface area (Å²) in [5.41, 5.74) is 1.74. The molecule has 0 aliphatic heterocycles. The van der Waals surface area contributed by atoms with Crippen molar-refractivity contribution in [2.45, 2.75) is 17.7 Å². The van der Waals surface area contributed by atoms with E-state index in [1.54, 1.807) is 19.2 Å². The first-order valence-electron chi connectivity index (χ1n) is 7.66. The van der Waals surface area contributed by atoms with Crippen LogP contribution in [0.4, 0.5) is 10.8 Å². The molecule has 0 bridgehead atoms. The van der Waals surface area contributed by atoms with Crippen molar-refractivity contribution in [1.29, 1.82) is 0 Å². The molecule has 2 atom stereocenters. The Bertz CT molecular complexity index is 915. The highest BCUT2D eigenvalue weighted by Crippen LogP contribution is 2.34. The van der Waals surface area contributed by atoms with Crippen molar-refractivity contribution < 1.29 is 13.2 Å². The third-order valence-electron chi connectivity index (χ3n) is 3.99. The minimum absolute atomic E-state index is 0.0831.